The third kappa shape index (κ3) is 3.30. The van der Waals surface area contributed by atoms with Crippen molar-refractivity contribution in [3.63, 3.8) is 0 Å². The van der Waals surface area contributed by atoms with Gasteiger partial charge in [0.15, 0.2) is 0 Å². The van der Waals surface area contributed by atoms with Gasteiger partial charge in [0.2, 0.25) is 0 Å². The summed E-state index contributed by atoms with van der Waals surface area (Å²) in [7, 11) is 0. The molecule has 0 saturated carbocycles. The molecule has 1 aliphatic rings. The van der Waals surface area contributed by atoms with Gasteiger partial charge in [-0.2, -0.15) is 0 Å². The Labute approximate surface area is 105 Å². The van der Waals surface area contributed by atoms with Crippen molar-refractivity contribution in [3.8, 4) is 0 Å². The van der Waals surface area contributed by atoms with Gasteiger partial charge in [0, 0.05) is 12.6 Å². The largest absolute Gasteiger partial charge is 0.329 e. The molecule has 0 aliphatic carbocycles. The first-order chi connectivity index (χ1) is 8.31. The van der Waals surface area contributed by atoms with E-state index in [2.05, 4.69) is 36.1 Å². The predicted octanol–water partition coefficient (Wildman–Crippen LogP) is 2.35. The van der Waals surface area contributed by atoms with Crippen molar-refractivity contribution >= 4 is 0 Å². The molecule has 0 amide bonds. The minimum absolute atomic E-state index is 0.524. The zero-order valence-corrected chi connectivity index (χ0v) is 10.9. The molecule has 2 N–H and O–H groups in total. The van der Waals surface area contributed by atoms with Crippen molar-refractivity contribution < 1.29 is 0 Å². The van der Waals surface area contributed by atoms with E-state index in [0.29, 0.717) is 6.04 Å². The van der Waals surface area contributed by atoms with Crippen LogP contribution in [0.2, 0.25) is 0 Å². The Kier molecular flexibility index (Phi) is 4.57. The van der Waals surface area contributed by atoms with E-state index in [1.165, 1.54) is 43.5 Å². The Morgan fingerprint density at radius 3 is 2.53 bits per heavy atom. The molecule has 1 fully saturated rings. The maximum absolute atomic E-state index is 5.96. The van der Waals surface area contributed by atoms with Crippen molar-refractivity contribution in [1.29, 1.82) is 0 Å². The van der Waals surface area contributed by atoms with E-state index in [9.17, 15) is 0 Å². The molecule has 1 unspecified atom stereocenters. The second kappa shape index (κ2) is 6.18. The van der Waals surface area contributed by atoms with Gasteiger partial charge in [-0.15, -0.1) is 0 Å². The normalized spacial score (nSPS) is 19.2. The first-order valence-electron chi connectivity index (χ1n) is 6.80. The van der Waals surface area contributed by atoms with E-state index in [-0.39, 0.29) is 0 Å². The van der Waals surface area contributed by atoms with Gasteiger partial charge >= 0.3 is 0 Å². The number of hydrogen-bond donors (Lipinski definition) is 1. The van der Waals surface area contributed by atoms with E-state index >= 15 is 0 Å². The fourth-order valence-electron chi connectivity index (χ4n) is 2.74. The number of aryl methyl sites for hydroxylation is 1. The van der Waals surface area contributed by atoms with Crippen LogP contribution in [0.1, 0.15) is 30.4 Å². The van der Waals surface area contributed by atoms with Gasteiger partial charge in [0.25, 0.3) is 0 Å². The molecular formula is C15H24N2. The molecule has 1 heterocycles. The van der Waals surface area contributed by atoms with E-state index in [1.807, 2.05) is 0 Å². The second-order valence-corrected chi connectivity index (χ2v) is 5.12. The molecule has 2 nitrogen and oxygen atoms in total. The molecule has 0 radical (unpaired) electrons. The van der Waals surface area contributed by atoms with Crippen LogP contribution in [0.3, 0.4) is 0 Å². The Bertz CT molecular complexity index is 343. The van der Waals surface area contributed by atoms with E-state index in [1.54, 1.807) is 0 Å². The van der Waals surface area contributed by atoms with Crippen LogP contribution in [0.4, 0.5) is 0 Å². The Morgan fingerprint density at radius 2 is 1.88 bits per heavy atom. The van der Waals surface area contributed by atoms with Crippen LogP contribution >= 0.6 is 0 Å². The van der Waals surface area contributed by atoms with Gasteiger partial charge in [-0.3, -0.25) is 4.90 Å². The summed E-state index contributed by atoms with van der Waals surface area (Å²) in [6.07, 6.45) is 5.16. The monoisotopic (exact) mass is 232 g/mol. The van der Waals surface area contributed by atoms with Crippen LogP contribution in [0, 0.1) is 6.92 Å². The van der Waals surface area contributed by atoms with Crippen molar-refractivity contribution in [2.45, 2.75) is 38.6 Å². The van der Waals surface area contributed by atoms with Gasteiger partial charge < -0.3 is 5.73 Å². The Balaban J connectivity index is 2.01. The molecule has 1 atom stereocenters. The van der Waals surface area contributed by atoms with Crippen LogP contribution < -0.4 is 5.73 Å². The summed E-state index contributed by atoms with van der Waals surface area (Å²) in [5.41, 5.74) is 8.80. The average Bonchev–Trinajstić information content (AvgIpc) is 2.39. The fraction of sp³-hybridized carbons (Fsp3) is 0.600. The summed E-state index contributed by atoms with van der Waals surface area (Å²) in [6.45, 7) is 5.43. The summed E-state index contributed by atoms with van der Waals surface area (Å²) in [6, 6.07) is 9.20. The molecule has 17 heavy (non-hydrogen) atoms. The lowest BCUT2D eigenvalue weighted by molar-refractivity contribution is 0.165. The zero-order valence-electron chi connectivity index (χ0n) is 10.9. The molecular weight excluding hydrogens is 208 g/mol. The zero-order chi connectivity index (χ0) is 12.1. The van der Waals surface area contributed by atoms with E-state index in [0.717, 1.165) is 13.0 Å². The number of nitrogens with zero attached hydrogens (tertiary/aromatic N) is 1. The summed E-state index contributed by atoms with van der Waals surface area (Å²) in [5.74, 6) is 0. The van der Waals surface area contributed by atoms with E-state index < -0.39 is 0 Å². The maximum atomic E-state index is 5.96. The fourth-order valence-corrected chi connectivity index (χ4v) is 2.74. The van der Waals surface area contributed by atoms with Gasteiger partial charge in [0.05, 0.1) is 0 Å². The molecule has 0 bridgehead atoms. The number of benzene rings is 1. The number of likely N-dealkylation sites (tertiary alicyclic amines) is 1. The SMILES string of the molecule is Cc1ccccc1CC(CN)N1CCCCC1. The third-order valence-corrected chi connectivity index (χ3v) is 3.90. The predicted molar refractivity (Wildman–Crippen MR) is 73.1 cm³/mol. The molecule has 1 aromatic carbocycles. The molecule has 0 aromatic heterocycles. The third-order valence-electron chi connectivity index (χ3n) is 3.90. The highest BCUT2D eigenvalue weighted by Gasteiger charge is 2.19. The van der Waals surface area contributed by atoms with Gasteiger partial charge in [-0.05, 0) is 50.4 Å². The smallest absolute Gasteiger partial charge is 0.0258 e. The van der Waals surface area contributed by atoms with Crippen molar-refractivity contribution in [2.24, 2.45) is 5.73 Å². The number of hydrogen-bond acceptors (Lipinski definition) is 2. The van der Waals surface area contributed by atoms with Crippen LogP contribution in [0.15, 0.2) is 24.3 Å². The van der Waals surface area contributed by atoms with Gasteiger partial charge in [-0.25, -0.2) is 0 Å². The Hall–Kier alpha value is -0.860. The molecule has 1 aliphatic heterocycles. The van der Waals surface area contributed by atoms with Gasteiger partial charge in [-0.1, -0.05) is 30.7 Å². The Morgan fingerprint density at radius 1 is 1.18 bits per heavy atom. The van der Waals surface area contributed by atoms with Crippen LogP contribution in [-0.4, -0.2) is 30.6 Å². The summed E-state index contributed by atoms with van der Waals surface area (Å²) in [5, 5.41) is 0. The summed E-state index contributed by atoms with van der Waals surface area (Å²) in [4.78, 5) is 2.58. The highest BCUT2D eigenvalue weighted by molar-refractivity contribution is 5.26. The first-order valence-corrected chi connectivity index (χ1v) is 6.80. The minimum atomic E-state index is 0.524. The molecule has 1 saturated heterocycles. The minimum Gasteiger partial charge on any atom is -0.329 e. The van der Waals surface area contributed by atoms with Crippen LogP contribution in [0.5, 0.6) is 0 Å². The number of piperidine rings is 1. The lowest BCUT2D eigenvalue weighted by atomic mass is 9.98. The van der Waals surface area contributed by atoms with Crippen LogP contribution in [0.25, 0.3) is 0 Å². The van der Waals surface area contributed by atoms with Crippen molar-refractivity contribution in [2.75, 3.05) is 19.6 Å². The molecule has 2 rings (SSSR count). The number of nitrogens with two attached hydrogens (primary N) is 1. The molecule has 2 heteroatoms. The molecule has 1 aromatic rings. The quantitative estimate of drug-likeness (QED) is 0.863. The molecule has 94 valence electrons. The number of rotatable bonds is 4. The van der Waals surface area contributed by atoms with Crippen molar-refractivity contribution in [1.82, 2.24) is 4.90 Å². The van der Waals surface area contributed by atoms with Crippen molar-refractivity contribution in [3.05, 3.63) is 35.4 Å². The van der Waals surface area contributed by atoms with E-state index in [4.69, 9.17) is 5.73 Å². The molecule has 0 spiro atoms. The standard InChI is InChI=1S/C15H24N2/c1-13-7-3-4-8-14(13)11-15(12-16)17-9-5-2-6-10-17/h3-4,7-8,15H,2,5-6,9-12,16H2,1H3. The topological polar surface area (TPSA) is 29.3 Å². The lowest BCUT2D eigenvalue weighted by Gasteiger charge is -2.34. The maximum Gasteiger partial charge on any atom is 0.0258 e. The highest BCUT2D eigenvalue weighted by atomic mass is 15.2. The lowest BCUT2D eigenvalue weighted by Crippen LogP contribution is -2.44. The second-order valence-electron chi connectivity index (χ2n) is 5.12. The van der Waals surface area contributed by atoms with Crippen LogP contribution in [-0.2, 0) is 6.42 Å². The summed E-state index contributed by atoms with van der Waals surface area (Å²) >= 11 is 0. The summed E-state index contributed by atoms with van der Waals surface area (Å²) < 4.78 is 0. The first kappa shape index (κ1) is 12.6. The highest BCUT2D eigenvalue weighted by Crippen LogP contribution is 2.17. The van der Waals surface area contributed by atoms with Gasteiger partial charge in [0.1, 0.15) is 0 Å². The average molecular weight is 232 g/mol.